The Bertz CT molecular complexity index is 1040. The third-order valence-corrected chi connectivity index (χ3v) is 5.33. The van der Waals surface area contributed by atoms with Crippen molar-refractivity contribution in [2.45, 2.75) is 40.2 Å². The van der Waals surface area contributed by atoms with E-state index in [1.54, 1.807) is 4.52 Å². The summed E-state index contributed by atoms with van der Waals surface area (Å²) in [4.78, 5) is 25.2. The van der Waals surface area contributed by atoms with Gasteiger partial charge in [0.2, 0.25) is 4.96 Å². The van der Waals surface area contributed by atoms with E-state index in [4.69, 9.17) is 4.74 Å². The number of fused-ring (bicyclic) bond motifs is 1. The van der Waals surface area contributed by atoms with E-state index in [0.717, 1.165) is 16.1 Å². The zero-order valence-corrected chi connectivity index (χ0v) is 17.8. The molecule has 1 atom stereocenters. The number of esters is 1. The number of carbonyl (C=O) groups excluding carboxylic acids is 2. The normalized spacial score (nSPS) is 12.2. The molecule has 3 rings (SSSR count). The molecule has 0 aliphatic rings. The second kappa shape index (κ2) is 8.56. The van der Waals surface area contributed by atoms with Gasteiger partial charge in [-0.1, -0.05) is 37.3 Å². The fourth-order valence-electron chi connectivity index (χ4n) is 2.87. The molecule has 2 aromatic heterocycles. The van der Waals surface area contributed by atoms with E-state index in [9.17, 15) is 9.59 Å². The third-order valence-electron chi connectivity index (χ3n) is 4.38. The maximum Gasteiger partial charge on any atom is 0.328 e. The molecule has 1 aromatic carbocycles. The molecule has 0 fully saturated rings. The summed E-state index contributed by atoms with van der Waals surface area (Å²) in [5, 5.41) is 18.9. The van der Waals surface area contributed by atoms with Gasteiger partial charge in [-0.25, -0.2) is 9.59 Å². The zero-order chi connectivity index (χ0) is 21.1. The molecule has 0 spiro atoms. The van der Waals surface area contributed by atoms with Crippen molar-refractivity contribution in [2.24, 2.45) is 5.92 Å². The second-order valence-electron chi connectivity index (χ2n) is 7.18. The number of nitrogens with zero attached hydrogens (tertiary/aromatic N) is 4. The van der Waals surface area contributed by atoms with E-state index in [-0.39, 0.29) is 5.92 Å². The van der Waals surface area contributed by atoms with Gasteiger partial charge in [0.15, 0.2) is 5.82 Å². The first-order chi connectivity index (χ1) is 13.8. The van der Waals surface area contributed by atoms with E-state index < -0.39 is 18.0 Å². The van der Waals surface area contributed by atoms with Gasteiger partial charge in [-0.05, 0) is 37.8 Å². The van der Waals surface area contributed by atoms with Crippen LogP contribution in [-0.2, 0) is 9.53 Å². The Balaban J connectivity index is 1.78. The number of aromatic nitrogens is 4. The molecule has 154 valence electrons. The molecule has 1 unspecified atom stereocenters. The Morgan fingerprint density at radius 2 is 2.00 bits per heavy atom. The van der Waals surface area contributed by atoms with E-state index in [0.29, 0.717) is 22.9 Å². The maximum absolute atomic E-state index is 12.5. The second-order valence-corrected chi connectivity index (χ2v) is 8.14. The molecule has 2 N–H and O–H groups in total. The van der Waals surface area contributed by atoms with Crippen molar-refractivity contribution in [2.75, 3.05) is 12.4 Å². The van der Waals surface area contributed by atoms with Gasteiger partial charge < -0.3 is 15.4 Å². The molecule has 2 amide bonds. The summed E-state index contributed by atoms with van der Waals surface area (Å²) >= 11 is 1.42. The van der Waals surface area contributed by atoms with Crippen molar-refractivity contribution < 1.29 is 14.3 Å². The van der Waals surface area contributed by atoms with Gasteiger partial charge in [-0.2, -0.15) is 9.61 Å². The average molecular weight is 417 g/mol. The smallest absolute Gasteiger partial charge is 0.328 e. The predicted octanol–water partition coefficient (Wildman–Crippen LogP) is 3.18. The Labute approximate surface area is 172 Å². The molecule has 2 heterocycles. The number of ether oxygens (including phenoxy) is 1. The van der Waals surface area contributed by atoms with Crippen molar-refractivity contribution in [1.82, 2.24) is 25.1 Å². The Hall–Kier alpha value is -3.01. The number of amides is 2. The number of hydrogen-bond acceptors (Lipinski definition) is 7. The monoisotopic (exact) mass is 416 g/mol. The third kappa shape index (κ3) is 4.70. The first-order valence-corrected chi connectivity index (χ1v) is 10.0. The molecule has 29 heavy (non-hydrogen) atoms. The molecule has 0 bridgehead atoms. The lowest BCUT2D eigenvalue weighted by atomic mass is 10.0. The average Bonchev–Trinajstić information content (AvgIpc) is 3.24. The number of methoxy groups -OCH3 is 1. The van der Waals surface area contributed by atoms with Gasteiger partial charge in [-0.3, -0.25) is 0 Å². The minimum atomic E-state index is -0.703. The molecule has 0 saturated heterocycles. The summed E-state index contributed by atoms with van der Waals surface area (Å²) in [5.74, 6) is 0.479. The van der Waals surface area contributed by atoms with Crippen molar-refractivity contribution in [1.29, 1.82) is 0 Å². The van der Waals surface area contributed by atoms with Crippen LogP contribution in [-0.4, -0.2) is 45.0 Å². The quantitative estimate of drug-likeness (QED) is 0.597. The Morgan fingerprint density at radius 1 is 1.24 bits per heavy atom. The molecule has 3 aromatic rings. The van der Waals surface area contributed by atoms with Crippen LogP contribution in [0, 0.1) is 19.8 Å². The van der Waals surface area contributed by atoms with Gasteiger partial charge >= 0.3 is 12.0 Å². The van der Waals surface area contributed by atoms with Gasteiger partial charge in [0.25, 0.3) is 0 Å². The van der Waals surface area contributed by atoms with Crippen molar-refractivity contribution >= 4 is 34.0 Å². The summed E-state index contributed by atoms with van der Waals surface area (Å²) in [5.41, 5.74) is 2.38. The SMILES string of the molecule is COC(=O)C(CC(C)C)NC(=O)Nc1cc(-c2nn3c(C)nnc3s2)ccc1C. The molecular weight excluding hydrogens is 392 g/mol. The summed E-state index contributed by atoms with van der Waals surface area (Å²) in [6.45, 7) is 7.69. The number of aryl methyl sites for hydroxylation is 2. The van der Waals surface area contributed by atoms with Gasteiger partial charge in [0, 0.05) is 11.3 Å². The van der Waals surface area contributed by atoms with Crippen LogP contribution < -0.4 is 10.6 Å². The van der Waals surface area contributed by atoms with Crippen molar-refractivity contribution in [3.8, 4) is 10.6 Å². The summed E-state index contributed by atoms with van der Waals surface area (Å²) in [7, 11) is 1.31. The predicted molar refractivity (Wildman–Crippen MR) is 111 cm³/mol. The van der Waals surface area contributed by atoms with Crippen LogP contribution in [0.1, 0.15) is 31.7 Å². The van der Waals surface area contributed by atoms with Crippen molar-refractivity contribution in [3.63, 3.8) is 0 Å². The van der Waals surface area contributed by atoms with Gasteiger partial charge in [0.05, 0.1) is 7.11 Å². The van der Waals surface area contributed by atoms with Crippen LogP contribution in [0.5, 0.6) is 0 Å². The number of hydrogen-bond donors (Lipinski definition) is 2. The number of anilines is 1. The van der Waals surface area contributed by atoms with Gasteiger partial charge in [0.1, 0.15) is 11.0 Å². The minimum Gasteiger partial charge on any atom is -0.467 e. The Kier molecular flexibility index (Phi) is 6.12. The largest absolute Gasteiger partial charge is 0.467 e. The summed E-state index contributed by atoms with van der Waals surface area (Å²) < 4.78 is 6.48. The van der Waals surface area contributed by atoms with Crippen LogP contribution in [0.25, 0.3) is 15.5 Å². The fourth-order valence-corrected chi connectivity index (χ4v) is 3.75. The fraction of sp³-hybridized carbons (Fsp3) is 0.421. The molecule has 0 radical (unpaired) electrons. The highest BCUT2D eigenvalue weighted by Crippen LogP contribution is 2.29. The molecule has 0 saturated carbocycles. The standard InChI is InChI=1S/C19H24N6O3S/c1-10(2)8-15(17(26)28-5)21-18(27)20-14-9-13(7-6-11(14)3)16-24-25-12(4)22-23-19(25)29-16/h6-7,9-10,15H,8H2,1-5H3,(H2,20,21,27). The van der Waals surface area contributed by atoms with Crippen molar-refractivity contribution in [3.05, 3.63) is 29.6 Å². The lowest BCUT2D eigenvalue weighted by Gasteiger charge is -2.19. The van der Waals surface area contributed by atoms with Crippen LogP contribution in [0.15, 0.2) is 18.2 Å². The number of urea groups is 1. The van der Waals surface area contributed by atoms with Crippen LogP contribution in [0.2, 0.25) is 0 Å². The van der Waals surface area contributed by atoms with Crippen LogP contribution in [0.3, 0.4) is 0 Å². The summed E-state index contributed by atoms with van der Waals surface area (Å²) in [6, 6.07) is 4.54. The molecule has 10 heteroatoms. The van der Waals surface area contributed by atoms with E-state index in [1.165, 1.54) is 18.4 Å². The molecule has 0 aliphatic heterocycles. The van der Waals surface area contributed by atoms with E-state index in [1.807, 2.05) is 45.9 Å². The van der Waals surface area contributed by atoms with Gasteiger partial charge in [-0.15, -0.1) is 10.2 Å². The van der Waals surface area contributed by atoms with Crippen LogP contribution in [0.4, 0.5) is 10.5 Å². The molecule has 9 nitrogen and oxygen atoms in total. The first-order valence-electron chi connectivity index (χ1n) is 9.23. The lowest BCUT2D eigenvalue weighted by Crippen LogP contribution is -2.44. The Morgan fingerprint density at radius 3 is 2.66 bits per heavy atom. The highest BCUT2D eigenvalue weighted by molar-refractivity contribution is 7.19. The minimum absolute atomic E-state index is 0.228. The number of nitrogens with one attached hydrogen (secondary N) is 2. The maximum atomic E-state index is 12.5. The lowest BCUT2D eigenvalue weighted by molar-refractivity contribution is -0.143. The number of carbonyl (C=O) groups is 2. The zero-order valence-electron chi connectivity index (χ0n) is 17.0. The van der Waals surface area contributed by atoms with E-state index >= 15 is 0 Å². The van der Waals surface area contributed by atoms with Crippen LogP contribution >= 0.6 is 11.3 Å². The number of rotatable bonds is 6. The topological polar surface area (TPSA) is 111 Å². The molecular formula is C19H24N6O3S. The highest BCUT2D eigenvalue weighted by Gasteiger charge is 2.23. The number of benzene rings is 1. The molecule has 0 aliphatic carbocycles. The first kappa shape index (κ1) is 20.7. The summed E-state index contributed by atoms with van der Waals surface area (Å²) in [6.07, 6.45) is 0.491. The van der Waals surface area contributed by atoms with E-state index in [2.05, 4.69) is 25.9 Å². The highest BCUT2D eigenvalue weighted by atomic mass is 32.1.